The fraction of sp³-hybridized carbons (Fsp3) is 0.696. The van der Waals surface area contributed by atoms with Crippen molar-refractivity contribution in [3.63, 3.8) is 0 Å². The number of hydrogen-bond donors (Lipinski definition) is 1. The standard InChI is InChI=1S/C23H32ClN3O.ClH/c24-20-3-1-4-21(14-20)27-9-7-26(8-10-27)6-2-5-25-22(28)23-15-17-11-18(16-23)13-19(23)12-17;/h1,3-4,14,17-19H,2,5-13,15-16H2,(H,25,28);1H. The molecule has 6 heteroatoms. The molecule has 6 rings (SSSR count). The molecule has 1 aromatic carbocycles. The first-order valence-electron chi connectivity index (χ1n) is 11.1. The zero-order chi connectivity index (χ0) is 19.1. The molecule has 1 heterocycles. The molecule has 0 radical (unpaired) electrons. The van der Waals surface area contributed by atoms with Crippen LogP contribution in [0.4, 0.5) is 5.69 Å². The fourth-order valence-electron chi connectivity index (χ4n) is 6.75. The molecule has 4 nitrogen and oxygen atoms in total. The first-order chi connectivity index (χ1) is 13.6. The van der Waals surface area contributed by atoms with Crippen LogP contribution in [0.1, 0.15) is 38.5 Å². The number of piperazine rings is 1. The summed E-state index contributed by atoms with van der Waals surface area (Å²) in [5.74, 6) is 2.77. The van der Waals surface area contributed by atoms with Gasteiger partial charge in [0.05, 0.1) is 5.41 Å². The second-order valence-electron chi connectivity index (χ2n) is 9.62. The van der Waals surface area contributed by atoms with Gasteiger partial charge in [-0.25, -0.2) is 0 Å². The van der Waals surface area contributed by atoms with E-state index in [0.29, 0.717) is 11.8 Å². The first-order valence-corrected chi connectivity index (χ1v) is 11.5. The second-order valence-corrected chi connectivity index (χ2v) is 10.1. The van der Waals surface area contributed by atoms with Gasteiger partial charge in [0.2, 0.25) is 5.91 Å². The number of nitrogens with one attached hydrogen (secondary N) is 1. The van der Waals surface area contributed by atoms with Crippen molar-refractivity contribution in [1.29, 1.82) is 0 Å². The smallest absolute Gasteiger partial charge is 0.226 e. The summed E-state index contributed by atoms with van der Waals surface area (Å²) in [7, 11) is 0. The highest BCUT2D eigenvalue weighted by Crippen LogP contribution is 2.65. The molecular weight excluding hydrogens is 405 g/mol. The second kappa shape index (κ2) is 8.64. The van der Waals surface area contributed by atoms with Crippen LogP contribution in [0.25, 0.3) is 0 Å². The molecule has 5 aliphatic rings. The van der Waals surface area contributed by atoms with Gasteiger partial charge < -0.3 is 10.2 Å². The predicted molar refractivity (Wildman–Crippen MR) is 121 cm³/mol. The van der Waals surface area contributed by atoms with Gasteiger partial charge in [-0.2, -0.15) is 0 Å². The molecule has 0 aromatic heterocycles. The van der Waals surface area contributed by atoms with Crippen molar-refractivity contribution in [3.05, 3.63) is 29.3 Å². The van der Waals surface area contributed by atoms with Crippen LogP contribution in [0.2, 0.25) is 5.02 Å². The summed E-state index contributed by atoms with van der Waals surface area (Å²) in [6.07, 6.45) is 7.43. The summed E-state index contributed by atoms with van der Waals surface area (Å²) < 4.78 is 0. The van der Waals surface area contributed by atoms with E-state index in [-0.39, 0.29) is 17.8 Å². The zero-order valence-corrected chi connectivity index (χ0v) is 18.7. The van der Waals surface area contributed by atoms with Gasteiger partial charge in [0.25, 0.3) is 0 Å². The zero-order valence-electron chi connectivity index (χ0n) is 17.1. The van der Waals surface area contributed by atoms with Gasteiger partial charge in [0.15, 0.2) is 0 Å². The third-order valence-corrected chi connectivity index (χ3v) is 8.16. The average molecular weight is 438 g/mol. The largest absolute Gasteiger partial charge is 0.369 e. The molecule has 1 N–H and O–H groups in total. The molecule has 1 saturated heterocycles. The molecule has 4 bridgehead atoms. The van der Waals surface area contributed by atoms with Gasteiger partial charge in [-0.3, -0.25) is 9.69 Å². The molecule has 2 unspecified atom stereocenters. The van der Waals surface area contributed by atoms with E-state index in [0.717, 1.165) is 62.5 Å². The lowest BCUT2D eigenvalue weighted by molar-refractivity contribution is -0.132. The van der Waals surface area contributed by atoms with Crippen LogP contribution in [-0.2, 0) is 4.79 Å². The Bertz CT molecular complexity index is 721. The van der Waals surface area contributed by atoms with E-state index in [1.54, 1.807) is 0 Å². The fourth-order valence-corrected chi connectivity index (χ4v) is 6.93. The Labute approximate surface area is 185 Å². The first kappa shape index (κ1) is 21.3. The Morgan fingerprint density at radius 2 is 1.83 bits per heavy atom. The van der Waals surface area contributed by atoms with E-state index in [1.807, 2.05) is 12.1 Å². The molecule has 2 atom stereocenters. The van der Waals surface area contributed by atoms with Crippen molar-refractivity contribution >= 4 is 35.6 Å². The summed E-state index contributed by atoms with van der Waals surface area (Å²) in [6, 6.07) is 8.14. The Kier molecular flexibility index (Phi) is 6.34. The molecule has 4 aliphatic carbocycles. The summed E-state index contributed by atoms with van der Waals surface area (Å²) >= 11 is 6.12. The van der Waals surface area contributed by atoms with Crippen molar-refractivity contribution < 1.29 is 4.79 Å². The highest BCUT2D eigenvalue weighted by Gasteiger charge is 2.61. The number of anilines is 1. The molecule has 4 saturated carbocycles. The maximum absolute atomic E-state index is 13.0. The lowest BCUT2D eigenvalue weighted by atomic mass is 9.75. The maximum Gasteiger partial charge on any atom is 0.226 e. The van der Waals surface area contributed by atoms with Crippen molar-refractivity contribution in [3.8, 4) is 0 Å². The van der Waals surface area contributed by atoms with Crippen LogP contribution in [0.15, 0.2) is 24.3 Å². The molecule has 1 aromatic rings. The number of carbonyl (C=O) groups is 1. The van der Waals surface area contributed by atoms with Gasteiger partial charge in [-0.1, -0.05) is 17.7 Å². The van der Waals surface area contributed by atoms with Crippen LogP contribution >= 0.6 is 24.0 Å². The quantitative estimate of drug-likeness (QED) is 0.676. The maximum atomic E-state index is 13.0. The number of benzene rings is 1. The summed E-state index contributed by atoms with van der Waals surface area (Å²) in [6.45, 7) is 6.15. The molecule has 160 valence electrons. The minimum absolute atomic E-state index is 0. The van der Waals surface area contributed by atoms with Crippen LogP contribution in [-0.4, -0.2) is 50.1 Å². The van der Waals surface area contributed by atoms with E-state index in [2.05, 4.69) is 27.2 Å². The van der Waals surface area contributed by atoms with E-state index >= 15 is 0 Å². The van der Waals surface area contributed by atoms with E-state index in [1.165, 1.54) is 37.8 Å². The molecule has 0 spiro atoms. The van der Waals surface area contributed by atoms with Crippen LogP contribution in [0.5, 0.6) is 0 Å². The topological polar surface area (TPSA) is 35.6 Å². The molecule has 1 aliphatic heterocycles. The lowest BCUT2D eigenvalue weighted by Gasteiger charge is -2.36. The molecule has 5 fully saturated rings. The minimum atomic E-state index is 0. The normalized spacial score (nSPS) is 33.0. The van der Waals surface area contributed by atoms with Gasteiger partial charge in [-0.05, 0) is 81.0 Å². The summed E-state index contributed by atoms with van der Waals surface area (Å²) in [4.78, 5) is 17.9. The van der Waals surface area contributed by atoms with Gasteiger partial charge in [0.1, 0.15) is 0 Å². The van der Waals surface area contributed by atoms with E-state index in [9.17, 15) is 4.79 Å². The number of rotatable bonds is 6. The van der Waals surface area contributed by atoms with Crippen molar-refractivity contribution in [2.24, 2.45) is 23.2 Å². The summed E-state index contributed by atoms with van der Waals surface area (Å²) in [5, 5.41) is 4.12. The predicted octanol–water partition coefficient (Wildman–Crippen LogP) is 4.22. The van der Waals surface area contributed by atoms with Gasteiger partial charge in [-0.15, -0.1) is 12.4 Å². The third kappa shape index (κ3) is 4.13. The van der Waals surface area contributed by atoms with Gasteiger partial charge >= 0.3 is 0 Å². The van der Waals surface area contributed by atoms with Crippen LogP contribution in [0, 0.1) is 23.2 Å². The van der Waals surface area contributed by atoms with Crippen LogP contribution in [0.3, 0.4) is 0 Å². The lowest BCUT2D eigenvalue weighted by Crippen LogP contribution is -2.47. The number of carbonyl (C=O) groups excluding carboxylic acids is 1. The highest BCUT2D eigenvalue weighted by atomic mass is 35.5. The molecule has 1 amide bonds. The van der Waals surface area contributed by atoms with E-state index < -0.39 is 0 Å². The highest BCUT2D eigenvalue weighted by molar-refractivity contribution is 6.30. The Morgan fingerprint density at radius 3 is 2.52 bits per heavy atom. The van der Waals surface area contributed by atoms with Crippen LogP contribution < -0.4 is 10.2 Å². The van der Waals surface area contributed by atoms with E-state index in [4.69, 9.17) is 11.6 Å². The third-order valence-electron chi connectivity index (χ3n) is 7.92. The molecular formula is C23H33Cl2N3O. The Morgan fingerprint density at radius 1 is 1.10 bits per heavy atom. The molecule has 29 heavy (non-hydrogen) atoms. The average Bonchev–Trinajstić information content (AvgIpc) is 3.10. The SMILES string of the molecule is Cl.O=C(NCCCN1CCN(c2cccc(Cl)c2)CC1)C12CC3CC(CC1C3)C2. The monoisotopic (exact) mass is 437 g/mol. The number of hydrogen-bond acceptors (Lipinski definition) is 3. The van der Waals surface area contributed by atoms with Crippen molar-refractivity contribution in [2.45, 2.75) is 38.5 Å². The number of nitrogens with zero attached hydrogens (tertiary/aromatic N) is 2. The number of halogens is 2. The van der Waals surface area contributed by atoms with Gasteiger partial charge in [0, 0.05) is 43.4 Å². The van der Waals surface area contributed by atoms with Crippen molar-refractivity contribution in [1.82, 2.24) is 10.2 Å². The minimum Gasteiger partial charge on any atom is -0.369 e. The Hall–Kier alpha value is -0.970. The Balaban J connectivity index is 0.00000205. The summed E-state index contributed by atoms with van der Waals surface area (Å²) in [5.41, 5.74) is 1.25. The number of amides is 1. The van der Waals surface area contributed by atoms with Crippen molar-refractivity contribution in [2.75, 3.05) is 44.2 Å².